The van der Waals surface area contributed by atoms with Gasteiger partial charge in [0.25, 0.3) is 5.54 Å². The molecule has 1 rings (SSSR count). The first-order valence-electron chi connectivity index (χ1n) is 4.69. The van der Waals surface area contributed by atoms with Crippen LogP contribution in [-0.2, 0) is 9.47 Å². The summed E-state index contributed by atoms with van der Waals surface area (Å²) in [7, 11) is 1.21. The molecule has 8 nitrogen and oxygen atoms in total. The molecule has 0 aromatic rings. The quantitative estimate of drug-likeness (QED) is 0.387. The molecule has 0 bridgehead atoms. The van der Waals surface area contributed by atoms with E-state index in [1.165, 1.54) is 7.11 Å². The summed E-state index contributed by atoms with van der Waals surface area (Å²) in [5.74, 6) is 0. The van der Waals surface area contributed by atoms with Crippen LogP contribution < -0.4 is 0 Å². The van der Waals surface area contributed by atoms with Gasteiger partial charge in [-0.05, 0) is 0 Å². The number of aliphatic hydroxyl groups is 3. The lowest BCUT2D eigenvalue weighted by molar-refractivity contribution is -0.609. The molecule has 0 aromatic carbocycles. The molecule has 1 aliphatic rings. The van der Waals surface area contributed by atoms with Crippen LogP contribution in [-0.4, -0.2) is 64.1 Å². The van der Waals surface area contributed by atoms with E-state index in [-0.39, 0.29) is 0 Å². The molecule has 0 aliphatic carbocycles. The predicted octanol–water partition coefficient (Wildman–Crippen LogP) is -1.89. The van der Waals surface area contributed by atoms with Gasteiger partial charge >= 0.3 is 0 Å². The predicted molar refractivity (Wildman–Crippen MR) is 50.2 cm³/mol. The van der Waals surface area contributed by atoms with Crippen molar-refractivity contribution < 1.29 is 29.7 Å². The first-order chi connectivity index (χ1) is 7.39. The Bertz CT molecular complexity index is 255. The van der Waals surface area contributed by atoms with E-state index in [0.717, 1.165) is 6.92 Å². The van der Waals surface area contributed by atoms with Crippen LogP contribution in [0.15, 0.2) is 0 Å². The number of nitro groups is 1. The topological polar surface area (TPSA) is 122 Å². The second-order valence-electron chi connectivity index (χ2n) is 3.83. The van der Waals surface area contributed by atoms with Crippen molar-refractivity contribution in [2.75, 3.05) is 13.7 Å². The van der Waals surface area contributed by atoms with Gasteiger partial charge in [-0.25, -0.2) is 0 Å². The van der Waals surface area contributed by atoms with Gasteiger partial charge in [-0.2, -0.15) is 0 Å². The maximum Gasteiger partial charge on any atom is 0.277 e. The zero-order valence-corrected chi connectivity index (χ0v) is 8.94. The Hall–Kier alpha value is -0.800. The molecule has 8 heteroatoms. The summed E-state index contributed by atoms with van der Waals surface area (Å²) in [5.41, 5.74) is -2.04. The normalized spacial score (nSPS) is 44.3. The van der Waals surface area contributed by atoms with Crippen LogP contribution >= 0.6 is 0 Å². The summed E-state index contributed by atoms with van der Waals surface area (Å²) in [6.45, 7) is 0.483. The maximum atomic E-state index is 10.9. The van der Waals surface area contributed by atoms with E-state index in [9.17, 15) is 20.3 Å². The Morgan fingerprint density at radius 3 is 2.44 bits per heavy atom. The average molecular weight is 237 g/mol. The fourth-order valence-corrected chi connectivity index (χ4v) is 1.69. The van der Waals surface area contributed by atoms with Gasteiger partial charge in [0.1, 0.15) is 6.10 Å². The molecule has 0 saturated carbocycles. The van der Waals surface area contributed by atoms with Gasteiger partial charge in [-0.15, -0.1) is 0 Å². The smallest absolute Gasteiger partial charge is 0.277 e. The lowest BCUT2D eigenvalue weighted by atomic mass is 9.83. The van der Waals surface area contributed by atoms with Gasteiger partial charge in [-0.3, -0.25) is 10.1 Å². The van der Waals surface area contributed by atoms with E-state index in [4.69, 9.17) is 14.6 Å². The standard InChI is InChI=1S/C8H15NO7/c1-8(9(13)14)5(11)4(3-10)16-7(15-2)6(8)12/h4-7,10-12H,3H2,1-2H3/t4-,5-,6+,7+,8-/m1/s1. The summed E-state index contributed by atoms with van der Waals surface area (Å²) in [6.07, 6.45) is -5.65. The fourth-order valence-electron chi connectivity index (χ4n) is 1.69. The first kappa shape index (κ1) is 13.3. The van der Waals surface area contributed by atoms with E-state index >= 15 is 0 Å². The van der Waals surface area contributed by atoms with Crippen molar-refractivity contribution in [3.05, 3.63) is 10.1 Å². The van der Waals surface area contributed by atoms with Gasteiger partial charge in [-0.1, -0.05) is 0 Å². The summed E-state index contributed by atoms with van der Waals surface area (Å²) < 4.78 is 9.71. The third-order valence-electron chi connectivity index (χ3n) is 2.92. The fraction of sp³-hybridized carbons (Fsp3) is 1.00. The van der Waals surface area contributed by atoms with Crippen LogP contribution in [0.2, 0.25) is 0 Å². The van der Waals surface area contributed by atoms with E-state index in [0.29, 0.717) is 0 Å². The minimum absolute atomic E-state index is 0.600. The van der Waals surface area contributed by atoms with Crippen LogP contribution in [0.1, 0.15) is 6.92 Å². The minimum Gasteiger partial charge on any atom is -0.394 e. The van der Waals surface area contributed by atoms with Crippen LogP contribution in [0.3, 0.4) is 0 Å². The summed E-state index contributed by atoms with van der Waals surface area (Å²) >= 11 is 0. The lowest BCUT2D eigenvalue weighted by Gasteiger charge is -2.42. The van der Waals surface area contributed by atoms with Crippen molar-refractivity contribution >= 4 is 0 Å². The molecule has 1 heterocycles. The molecular formula is C8H15NO7. The highest BCUT2D eigenvalue weighted by Gasteiger charge is 2.62. The van der Waals surface area contributed by atoms with Crippen molar-refractivity contribution in [1.82, 2.24) is 0 Å². The second kappa shape index (κ2) is 4.60. The van der Waals surface area contributed by atoms with Gasteiger partial charge in [0.2, 0.25) is 0 Å². The van der Waals surface area contributed by atoms with E-state index in [1.807, 2.05) is 0 Å². The van der Waals surface area contributed by atoms with Crippen molar-refractivity contribution in [3.63, 3.8) is 0 Å². The molecule has 3 N–H and O–H groups in total. The molecule has 0 aromatic heterocycles. The molecule has 94 valence electrons. The number of aliphatic hydroxyl groups excluding tert-OH is 3. The Balaban J connectivity index is 3.06. The lowest BCUT2D eigenvalue weighted by Crippen LogP contribution is -2.69. The SMILES string of the molecule is CO[C@H]1O[C@H](CO)[C@@H](O)[C@@](C)([N+](=O)[O-])[C@H]1O. The Morgan fingerprint density at radius 1 is 1.50 bits per heavy atom. The third kappa shape index (κ3) is 1.78. The van der Waals surface area contributed by atoms with Crippen LogP contribution in [0.5, 0.6) is 0 Å². The van der Waals surface area contributed by atoms with E-state index in [2.05, 4.69) is 0 Å². The second-order valence-corrected chi connectivity index (χ2v) is 3.83. The van der Waals surface area contributed by atoms with E-state index < -0.39 is 41.7 Å². The zero-order chi connectivity index (χ0) is 12.5. The number of methoxy groups -OCH3 is 1. The number of nitrogens with zero attached hydrogens (tertiary/aromatic N) is 1. The molecule has 1 fully saturated rings. The van der Waals surface area contributed by atoms with E-state index in [1.54, 1.807) is 0 Å². The molecule has 16 heavy (non-hydrogen) atoms. The molecule has 0 spiro atoms. The van der Waals surface area contributed by atoms with Crippen LogP contribution in [0.4, 0.5) is 0 Å². The summed E-state index contributed by atoms with van der Waals surface area (Å²) in [5, 5.41) is 39.3. The highest BCUT2D eigenvalue weighted by atomic mass is 16.7. The number of hydrogen-bond acceptors (Lipinski definition) is 7. The molecule has 0 unspecified atom stereocenters. The molecule has 0 amide bonds. The zero-order valence-electron chi connectivity index (χ0n) is 8.94. The summed E-state index contributed by atoms with van der Waals surface area (Å²) in [6, 6.07) is 0. The van der Waals surface area contributed by atoms with Crippen molar-refractivity contribution in [3.8, 4) is 0 Å². The van der Waals surface area contributed by atoms with Crippen LogP contribution in [0.25, 0.3) is 0 Å². The van der Waals surface area contributed by atoms with Crippen molar-refractivity contribution in [2.24, 2.45) is 0 Å². The van der Waals surface area contributed by atoms with Crippen LogP contribution in [0, 0.1) is 10.1 Å². The molecular weight excluding hydrogens is 222 g/mol. The number of hydrogen-bond donors (Lipinski definition) is 3. The highest BCUT2D eigenvalue weighted by molar-refractivity contribution is 4.99. The number of ether oxygens (including phenoxy) is 2. The van der Waals surface area contributed by atoms with Gasteiger partial charge in [0.15, 0.2) is 18.5 Å². The third-order valence-corrected chi connectivity index (χ3v) is 2.92. The molecule has 0 radical (unpaired) electrons. The molecule has 1 saturated heterocycles. The Labute approximate surface area is 91.6 Å². The van der Waals surface area contributed by atoms with Gasteiger partial charge in [0, 0.05) is 19.0 Å². The van der Waals surface area contributed by atoms with Crippen molar-refractivity contribution in [2.45, 2.75) is 37.1 Å². The monoisotopic (exact) mass is 237 g/mol. The van der Waals surface area contributed by atoms with Gasteiger partial charge < -0.3 is 24.8 Å². The summed E-state index contributed by atoms with van der Waals surface area (Å²) in [4.78, 5) is 10.1. The maximum absolute atomic E-state index is 10.9. The van der Waals surface area contributed by atoms with Gasteiger partial charge in [0.05, 0.1) is 6.61 Å². The minimum atomic E-state index is -2.04. The Morgan fingerprint density at radius 2 is 2.06 bits per heavy atom. The first-order valence-corrected chi connectivity index (χ1v) is 4.69. The largest absolute Gasteiger partial charge is 0.394 e. The average Bonchev–Trinajstić information content (AvgIpc) is 2.26. The highest BCUT2D eigenvalue weighted by Crippen LogP contribution is 2.32. The Kier molecular flexibility index (Phi) is 3.81. The number of rotatable bonds is 3. The molecule has 5 atom stereocenters. The molecule has 1 aliphatic heterocycles. The van der Waals surface area contributed by atoms with Crippen molar-refractivity contribution in [1.29, 1.82) is 0 Å².